The minimum Gasteiger partial charge on any atom is -0.492 e. The van der Waals surface area contributed by atoms with Crippen LogP contribution in [0.1, 0.15) is 0 Å². The summed E-state index contributed by atoms with van der Waals surface area (Å²) < 4.78 is 4.66. The number of aldehydes is 1. The molecule has 0 heterocycles. The van der Waals surface area contributed by atoms with Gasteiger partial charge in [0.05, 0.1) is 7.11 Å². The molecule has 9 heavy (non-hydrogen) atoms. The van der Waals surface area contributed by atoms with Crippen LogP contribution < -0.4 is 0 Å². The molecule has 0 radical (unpaired) electrons. The van der Waals surface area contributed by atoms with E-state index >= 15 is 0 Å². The Labute approximate surface area is 54.9 Å². The number of hydrogen-bond donors (Lipinski definition) is 0. The van der Waals surface area contributed by atoms with Gasteiger partial charge >= 0.3 is 0 Å². The van der Waals surface area contributed by atoms with Gasteiger partial charge in [0, 0.05) is 20.3 Å². The number of carbonyl (C=O) groups is 1. The van der Waals surface area contributed by atoms with Gasteiger partial charge < -0.3 is 9.64 Å². The normalized spacial score (nSPS) is 10.8. The van der Waals surface area contributed by atoms with Gasteiger partial charge in [0.15, 0.2) is 12.0 Å². The van der Waals surface area contributed by atoms with E-state index in [0.717, 1.165) is 0 Å². The van der Waals surface area contributed by atoms with Gasteiger partial charge in [-0.2, -0.15) is 0 Å². The number of carbonyl (C=O) groups excluding carboxylic acids is 1. The Kier molecular flexibility index (Phi) is 3.51. The van der Waals surface area contributed by atoms with Crippen molar-refractivity contribution >= 4 is 6.29 Å². The van der Waals surface area contributed by atoms with Crippen LogP contribution >= 0.6 is 0 Å². The minimum absolute atomic E-state index is 0.333. The molecule has 3 nitrogen and oxygen atoms in total. The van der Waals surface area contributed by atoms with Crippen molar-refractivity contribution in [2.45, 2.75) is 0 Å². The summed E-state index contributed by atoms with van der Waals surface area (Å²) in [5.41, 5.74) is 0. The molecule has 52 valence electrons. The predicted octanol–water partition coefficient (Wildman–Crippen LogP) is 0.235. The van der Waals surface area contributed by atoms with Crippen molar-refractivity contribution in [3.05, 3.63) is 12.0 Å². The van der Waals surface area contributed by atoms with Gasteiger partial charge in [-0.15, -0.1) is 0 Å². The highest BCUT2D eigenvalue weighted by Gasteiger charge is 1.89. The summed E-state index contributed by atoms with van der Waals surface area (Å²) in [6.07, 6.45) is 2.27. The first-order chi connectivity index (χ1) is 4.20. The number of ether oxygens (including phenoxy) is 1. The van der Waals surface area contributed by atoms with Crippen molar-refractivity contribution in [2.75, 3.05) is 21.2 Å². The Morgan fingerprint density at radius 3 is 2.22 bits per heavy atom. The number of hydrogen-bond acceptors (Lipinski definition) is 3. The van der Waals surface area contributed by atoms with Crippen LogP contribution in [0.2, 0.25) is 0 Å². The average molecular weight is 129 g/mol. The molecule has 0 rings (SSSR count). The van der Waals surface area contributed by atoms with Crippen LogP contribution in [-0.2, 0) is 9.53 Å². The summed E-state index contributed by atoms with van der Waals surface area (Å²) in [5, 5.41) is 0. The molecule has 0 aromatic rings. The first-order valence-electron chi connectivity index (χ1n) is 2.58. The van der Waals surface area contributed by atoms with E-state index in [-0.39, 0.29) is 0 Å². The van der Waals surface area contributed by atoms with Crippen LogP contribution in [0.5, 0.6) is 0 Å². The molecular weight excluding hydrogens is 118 g/mol. The van der Waals surface area contributed by atoms with Gasteiger partial charge in [0.2, 0.25) is 0 Å². The van der Waals surface area contributed by atoms with E-state index in [9.17, 15) is 4.79 Å². The molecule has 0 aliphatic carbocycles. The molecule has 0 aromatic heterocycles. The molecule has 0 amide bonds. The van der Waals surface area contributed by atoms with Crippen molar-refractivity contribution in [3.8, 4) is 0 Å². The third-order valence-electron chi connectivity index (χ3n) is 0.737. The van der Waals surface area contributed by atoms with Gasteiger partial charge in [-0.3, -0.25) is 4.79 Å². The van der Waals surface area contributed by atoms with Crippen molar-refractivity contribution in [1.82, 2.24) is 4.90 Å². The highest BCUT2D eigenvalue weighted by Crippen LogP contribution is 1.89. The maximum absolute atomic E-state index is 10.1. The van der Waals surface area contributed by atoms with Gasteiger partial charge in [-0.25, -0.2) is 0 Å². The molecule has 0 aromatic carbocycles. The van der Waals surface area contributed by atoms with E-state index in [4.69, 9.17) is 0 Å². The highest BCUT2D eigenvalue weighted by atomic mass is 16.5. The zero-order chi connectivity index (χ0) is 7.28. The average Bonchev–Trinajstić information content (AvgIpc) is 1.82. The fourth-order valence-corrected chi connectivity index (χ4v) is 0.386. The lowest BCUT2D eigenvalue weighted by Gasteiger charge is -2.04. The maximum atomic E-state index is 10.1. The second-order valence-electron chi connectivity index (χ2n) is 1.82. The van der Waals surface area contributed by atoms with Crippen molar-refractivity contribution in [1.29, 1.82) is 0 Å². The maximum Gasteiger partial charge on any atom is 0.186 e. The summed E-state index contributed by atoms with van der Waals surface area (Å²) in [6.45, 7) is 0. The molecule has 0 saturated carbocycles. The van der Waals surface area contributed by atoms with E-state index in [2.05, 4.69) is 4.74 Å². The minimum atomic E-state index is 0.333. The van der Waals surface area contributed by atoms with E-state index in [0.29, 0.717) is 12.0 Å². The Bertz CT molecular complexity index is 118. The Balaban J connectivity index is 3.90. The number of nitrogens with zero attached hydrogens (tertiary/aromatic N) is 1. The van der Waals surface area contributed by atoms with Crippen molar-refractivity contribution < 1.29 is 9.53 Å². The second kappa shape index (κ2) is 3.95. The Morgan fingerprint density at radius 1 is 1.56 bits per heavy atom. The van der Waals surface area contributed by atoms with E-state index in [1.54, 1.807) is 11.1 Å². The molecule has 3 heteroatoms. The number of rotatable bonds is 3. The number of methoxy groups -OCH3 is 1. The van der Waals surface area contributed by atoms with Crippen LogP contribution in [-0.4, -0.2) is 32.4 Å². The summed E-state index contributed by atoms with van der Waals surface area (Å²) in [5.74, 6) is 0.333. The van der Waals surface area contributed by atoms with E-state index < -0.39 is 0 Å². The molecule has 0 aliphatic rings. The van der Waals surface area contributed by atoms with Gasteiger partial charge in [0.1, 0.15) is 0 Å². The molecule has 0 atom stereocenters. The van der Waals surface area contributed by atoms with Gasteiger partial charge in [-0.1, -0.05) is 0 Å². The summed E-state index contributed by atoms with van der Waals surface area (Å²) in [6, 6.07) is 0. The van der Waals surface area contributed by atoms with Gasteiger partial charge in [0.25, 0.3) is 0 Å². The fourth-order valence-electron chi connectivity index (χ4n) is 0.386. The monoisotopic (exact) mass is 129 g/mol. The topological polar surface area (TPSA) is 29.5 Å². The largest absolute Gasteiger partial charge is 0.492 e. The van der Waals surface area contributed by atoms with Gasteiger partial charge in [-0.05, 0) is 0 Å². The molecular formula is C6H11NO2. The lowest BCUT2D eigenvalue weighted by molar-refractivity contribution is -0.107. The first-order valence-corrected chi connectivity index (χ1v) is 2.58. The highest BCUT2D eigenvalue weighted by molar-refractivity contribution is 5.69. The molecule has 0 aliphatic heterocycles. The SMILES string of the molecule is CO/C(C=O)=C\N(C)C. The third kappa shape index (κ3) is 3.58. The molecule has 0 spiro atoms. The zero-order valence-corrected chi connectivity index (χ0v) is 5.92. The van der Waals surface area contributed by atoms with E-state index in [1.165, 1.54) is 7.11 Å². The predicted molar refractivity (Wildman–Crippen MR) is 34.8 cm³/mol. The third-order valence-corrected chi connectivity index (χ3v) is 0.737. The van der Waals surface area contributed by atoms with Crippen molar-refractivity contribution in [3.63, 3.8) is 0 Å². The van der Waals surface area contributed by atoms with Crippen molar-refractivity contribution in [2.24, 2.45) is 0 Å². The smallest absolute Gasteiger partial charge is 0.186 e. The Morgan fingerprint density at radius 2 is 2.11 bits per heavy atom. The first kappa shape index (κ1) is 8.01. The molecule has 0 saturated heterocycles. The lowest BCUT2D eigenvalue weighted by Crippen LogP contribution is -2.04. The summed E-state index contributed by atoms with van der Waals surface area (Å²) in [4.78, 5) is 11.8. The van der Waals surface area contributed by atoms with Crippen LogP contribution in [0.15, 0.2) is 12.0 Å². The quantitative estimate of drug-likeness (QED) is 0.310. The van der Waals surface area contributed by atoms with E-state index in [1.807, 2.05) is 14.1 Å². The summed E-state index contributed by atoms with van der Waals surface area (Å²) >= 11 is 0. The zero-order valence-electron chi connectivity index (χ0n) is 5.92. The van der Waals surface area contributed by atoms with Crippen LogP contribution in [0.4, 0.5) is 0 Å². The fraction of sp³-hybridized carbons (Fsp3) is 0.500. The number of allylic oxidation sites excluding steroid dienone is 1. The molecule has 0 bridgehead atoms. The molecule has 0 fully saturated rings. The van der Waals surface area contributed by atoms with Crippen LogP contribution in [0.25, 0.3) is 0 Å². The lowest BCUT2D eigenvalue weighted by atomic mass is 10.6. The Hall–Kier alpha value is -0.990. The summed E-state index contributed by atoms with van der Waals surface area (Å²) in [7, 11) is 5.11. The molecule has 0 unspecified atom stereocenters. The second-order valence-corrected chi connectivity index (χ2v) is 1.82. The van der Waals surface area contributed by atoms with Crippen LogP contribution in [0.3, 0.4) is 0 Å². The standard InChI is InChI=1S/C6H11NO2/c1-7(2)4-6(5-8)9-3/h4-5H,1-3H3/b6-4-. The molecule has 0 N–H and O–H groups in total. The van der Waals surface area contributed by atoms with Crippen LogP contribution in [0, 0.1) is 0 Å².